The monoisotopic (exact) mass is 381 g/mol. The first-order chi connectivity index (χ1) is 13.6. The smallest absolute Gasteiger partial charge is 0.260 e. The van der Waals surface area contributed by atoms with E-state index < -0.39 is 0 Å². The Hall–Kier alpha value is -2.86. The van der Waals surface area contributed by atoms with E-state index in [-0.39, 0.29) is 11.7 Å². The number of ether oxygens (including phenoxy) is 1. The van der Waals surface area contributed by atoms with Crippen LogP contribution in [0.4, 0.5) is 15.8 Å². The van der Waals surface area contributed by atoms with Crippen molar-refractivity contribution in [1.82, 2.24) is 4.90 Å². The van der Waals surface area contributed by atoms with E-state index in [9.17, 15) is 9.18 Å². The van der Waals surface area contributed by atoms with Gasteiger partial charge in [-0.15, -0.1) is 0 Å². The van der Waals surface area contributed by atoms with Gasteiger partial charge in [0, 0.05) is 41.2 Å². The Morgan fingerprint density at radius 2 is 1.96 bits per heavy atom. The topological polar surface area (TPSA) is 53.6 Å². The van der Waals surface area contributed by atoms with Gasteiger partial charge in [0.15, 0.2) is 0 Å². The molecule has 146 valence electrons. The van der Waals surface area contributed by atoms with Crippen molar-refractivity contribution in [2.24, 2.45) is 0 Å². The third-order valence-electron chi connectivity index (χ3n) is 5.33. The van der Waals surface area contributed by atoms with Crippen LogP contribution in [-0.2, 0) is 16.1 Å². The highest BCUT2D eigenvalue weighted by Crippen LogP contribution is 2.42. The number of nitrogens with zero attached hydrogens (tertiary/aromatic N) is 1. The zero-order valence-corrected chi connectivity index (χ0v) is 16.1. The number of hydrogen-bond donors (Lipinski definition) is 2. The van der Waals surface area contributed by atoms with Gasteiger partial charge in [0.25, 0.3) is 5.91 Å². The fraction of sp³-hybridized carbons (Fsp3) is 0.318. The molecule has 0 fully saturated rings. The number of anilines is 2. The highest BCUT2D eigenvalue weighted by Gasteiger charge is 2.32. The molecular formula is C22H24FN3O2. The molecule has 4 rings (SSSR count). The normalized spacial score (nSPS) is 17.4. The lowest BCUT2D eigenvalue weighted by molar-refractivity contribution is -0.110. The molecule has 2 aromatic rings. The molecular weight excluding hydrogens is 357 g/mol. The van der Waals surface area contributed by atoms with Crippen molar-refractivity contribution in [3.8, 4) is 0 Å². The minimum Gasteiger partial charge on any atom is -0.487 e. The van der Waals surface area contributed by atoms with Crippen LogP contribution in [0.3, 0.4) is 0 Å². The van der Waals surface area contributed by atoms with Crippen molar-refractivity contribution >= 4 is 28.6 Å². The largest absolute Gasteiger partial charge is 0.487 e. The van der Waals surface area contributed by atoms with E-state index in [0.717, 1.165) is 43.0 Å². The van der Waals surface area contributed by atoms with Crippen LogP contribution in [0.15, 0.2) is 36.4 Å². The fourth-order valence-corrected chi connectivity index (χ4v) is 3.74. The van der Waals surface area contributed by atoms with E-state index in [1.54, 1.807) is 6.07 Å². The average Bonchev–Trinajstić information content (AvgIpc) is 3.24. The number of carbonyl (C=O) groups excluding carboxylic acids is 1. The summed E-state index contributed by atoms with van der Waals surface area (Å²) in [6.45, 7) is 8.65. The first-order valence-corrected chi connectivity index (χ1v) is 9.68. The summed E-state index contributed by atoms with van der Waals surface area (Å²) in [6, 6.07) is 10.3. The molecule has 2 N–H and O–H groups in total. The number of benzene rings is 2. The number of rotatable bonds is 6. The summed E-state index contributed by atoms with van der Waals surface area (Å²) in [4.78, 5) is 14.8. The van der Waals surface area contributed by atoms with Crippen molar-refractivity contribution in [3.05, 3.63) is 58.9 Å². The van der Waals surface area contributed by atoms with E-state index in [1.807, 2.05) is 12.1 Å². The molecule has 2 heterocycles. The Morgan fingerprint density at radius 3 is 2.75 bits per heavy atom. The second-order valence-corrected chi connectivity index (χ2v) is 6.96. The van der Waals surface area contributed by atoms with Gasteiger partial charge in [-0.2, -0.15) is 0 Å². The molecule has 0 radical (unpaired) electrons. The number of fused-ring (bicyclic) bond motifs is 2. The van der Waals surface area contributed by atoms with Gasteiger partial charge >= 0.3 is 0 Å². The summed E-state index contributed by atoms with van der Waals surface area (Å²) in [5.41, 5.74) is 4.50. The predicted molar refractivity (Wildman–Crippen MR) is 109 cm³/mol. The van der Waals surface area contributed by atoms with Crippen LogP contribution in [0, 0.1) is 5.82 Å². The Kier molecular flexibility index (Phi) is 5.05. The van der Waals surface area contributed by atoms with Crippen LogP contribution >= 0.6 is 0 Å². The summed E-state index contributed by atoms with van der Waals surface area (Å²) in [5.74, 6) is -0.115. The molecule has 2 aromatic carbocycles. The van der Waals surface area contributed by atoms with Crippen LogP contribution in [0.2, 0.25) is 0 Å². The van der Waals surface area contributed by atoms with E-state index >= 15 is 0 Å². The third kappa shape index (κ3) is 3.36. The van der Waals surface area contributed by atoms with Gasteiger partial charge in [-0.05, 0) is 49.5 Å². The highest BCUT2D eigenvalue weighted by molar-refractivity contribution is 6.36. The molecule has 0 saturated heterocycles. The van der Waals surface area contributed by atoms with Crippen molar-refractivity contribution in [1.29, 1.82) is 0 Å². The Morgan fingerprint density at radius 1 is 1.14 bits per heavy atom. The highest BCUT2D eigenvalue weighted by atomic mass is 19.1. The number of nitrogens with one attached hydrogen (secondary N) is 2. The predicted octanol–water partition coefficient (Wildman–Crippen LogP) is 3.93. The van der Waals surface area contributed by atoms with Crippen molar-refractivity contribution in [2.75, 3.05) is 36.8 Å². The number of amides is 1. The maximum absolute atomic E-state index is 13.7. The standard InChI is InChI=1S/C22H24FN3O2/c1-3-26(4-2)10-9-24-16-6-7-17-14(11-16)13-28-21(17)20-18-12-15(23)5-8-19(18)25-22(20)27/h5-8,11-12,24H,3-4,9-10,13H2,1-2H3,(H,25,27)/b21-20+. The third-order valence-corrected chi connectivity index (χ3v) is 5.33. The van der Waals surface area contributed by atoms with E-state index in [0.29, 0.717) is 29.2 Å². The second kappa shape index (κ2) is 7.64. The van der Waals surface area contributed by atoms with E-state index in [2.05, 4.69) is 35.4 Å². The molecule has 0 bridgehead atoms. The zero-order chi connectivity index (χ0) is 19.7. The molecule has 2 aliphatic rings. The summed E-state index contributed by atoms with van der Waals surface area (Å²) in [6.07, 6.45) is 0. The summed E-state index contributed by atoms with van der Waals surface area (Å²) >= 11 is 0. The number of carbonyl (C=O) groups is 1. The van der Waals surface area contributed by atoms with E-state index in [4.69, 9.17) is 4.74 Å². The van der Waals surface area contributed by atoms with Gasteiger partial charge in [0.1, 0.15) is 18.2 Å². The molecule has 0 unspecified atom stereocenters. The molecule has 0 aliphatic carbocycles. The SMILES string of the molecule is CCN(CC)CCNc1ccc2c(c1)CO/C2=C1/C(=O)Nc2ccc(F)cc21. The molecule has 0 aromatic heterocycles. The minimum atomic E-state index is -0.376. The van der Waals surface area contributed by atoms with E-state index in [1.165, 1.54) is 12.1 Å². The first kappa shape index (κ1) is 18.5. The maximum atomic E-state index is 13.7. The van der Waals surface area contributed by atoms with Gasteiger partial charge in [-0.3, -0.25) is 4.79 Å². The Labute approximate surface area is 164 Å². The fourth-order valence-electron chi connectivity index (χ4n) is 3.74. The van der Waals surface area contributed by atoms with Gasteiger partial charge < -0.3 is 20.3 Å². The lowest BCUT2D eigenvalue weighted by atomic mass is 10.00. The summed E-state index contributed by atoms with van der Waals surface area (Å²) in [7, 11) is 0. The molecule has 2 aliphatic heterocycles. The van der Waals surface area contributed by atoms with Crippen LogP contribution in [0.5, 0.6) is 0 Å². The van der Waals surface area contributed by atoms with Crippen LogP contribution < -0.4 is 10.6 Å². The van der Waals surface area contributed by atoms with Gasteiger partial charge in [0.05, 0.1) is 5.57 Å². The van der Waals surface area contributed by atoms with Crippen LogP contribution in [0.25, 0.3) is 11.3 Å². The Balaban J connectivity index is 1.59. The molecule has 5 nitrogen and oxygen atoms in total. The number of likely N-dealkylation sites (N-methyl/N-ethyl adjacent to an activating group) is 1. The van der Waals surface area contributed by atoms with Crippen molar-refractivity contribution in [2.45, 2.75) is 20.5 Å². The van der Waals surface area contributed by atoms with Crippen LogP contribution in [0.1, 0.15) is 30.5 Å². The van der Waals surface area contributed by atoms with Gasteiger partial charge in [-0.1, -0.05) is 13.8 Å². The van der Waals surface area contributed by atoms with Crippen molar-refractivity contribution in [3.63, 3.8) is 0 Å². The molecule has 0 saturated carbocycles. The summed E-state index contributed by atoms with van der Waals surface area (Å²) in [5, 5.41) is 6.23. The molecule has 28 heavy (non-hydrogen) atoms. The molecule has 6 heteroatoms. The summed E-state index contributed by atoms with van der Waals surface area (Å²) < 4.78 is 19.6. The zero-order valence-electron chi connectivity index (χ0n) is 16.1. The quantitative estimate of drug-likeness (QED) is 0.745. The van der Waals surface area contributed by atoms with Gasteiger partial charge in [-0.25, -0.2) is 4.39 Å². The molecule has 1 amide bonds. The lowest BCUT2D eigenvalue weighted by Crippen LogP contribution is -2.28. The molecule has 0 atom stereocenters. The lowest BCUT2D eigenvalue weighted by Gasteiger charge is -2.18. The second-order valence-electron chi connectivity index (χ2n) is 6.96. The average molecular weight is 381 g/mol. The first-order valence-electron chi connectivity index (χ1n) is 9.68. The minimum absolute atomic E-state index is 0.259. The van der Waals surface area contributed by atoms with Crippen LogP contribution in [-0.4, -0.2) is 37.0 Å². The maximum Gasteiger partial charge on any atom is 0.260 e. The number of hydrogen-bond acceptors (Lipinski definition) is 4. The molecule has 0 spiro atoms. The van der Waals surface area contributed by atoms with Gasteiger partial charge in [0.2, 0.25) is 0 Å². The number of halogens is 1. The Bertz CT molecular complexity index is 951. The van der Waals surface area contributed by atoms with Crippen molar-refractivity contribution < 1.29 is 13.9 Å².